The molecule has 0 radical (unpaired) electrons. The first-order valence-electron chi connectivity index (χ1n) is 9.87. The van der Waals surface area contributed by atoms with Gasteiger partial charge < -0.3 is 15.0 Å². The summed E-state index contributed by atoms with van der Waals surface area (Å²) in [5.74, 6) is 0.612. The maximum Gasteiger partial charge on any atom is 0.255 e. The van der Waals surface area contributed by atoms with Crippen molar-refractivity contribution in [2.75, 3.05) is 31.6 Å². The number of hydrogen-bond acceptors (Lipinski definition) is 4. The second kappa shape index (κ2) is 6.27. The van der Waals surface area contributed by atoms with Crippen LogP contribution in [0, 0.1) is 11.2 Å². The highest BCUT2D eigenvalue weighted by Crippen LogP contribution is 2.41. The quantitative estimate of drug-likeness (QED) is 0.867. The molecule has 1 amide bonds. The molecule has 0 bridgehead atoms. The Morgan fingerprint density at radius 3 is 2.64 bits per heavy atom. The molecular weight excluding hydrogens is 357 g/mol. The van der Waals surface area contributed by atoms with Gasteiger partial charge in [0.1, 0.15) is 11.6 Å². The Morgan fingerprint density at radius 2 is 1.93 bits per heavy atom. The lowest BCUT2D eigenvalue weighted by atomic mass is 9.73. The summed E-state index contributed by atoms with van der Waals surface area (Å²) >= 11 is 0. The first-order chi connectivity index (χ1) is 13.5. The molecule has 5 rings (SSSR count). The largest absolute Gasteiger partial charge is 0.381 e. The number of carbonyl (C=O) groups is 1. The molecule has 3 aliphatic rings. The number of rotatable bonds is 2. The fourth-order valence-electron chi connectivity index (χ4n) is 4.76. The summed E-state index contributed by atoms with van der Waals surface area (Å²) < 4.78 is 18.7. The van der Waals surface area contributed by atoms with E-state index < -0.39 is 0 Å². The second-order valence-electron chi connectivity index (χ2n) is 8.65. The zero-order valence-corrected chi connectivity index (χ0v) is 16.0. The first kappa shape index (κ1) is 17.6. The van der Waals surface area contributed by atoms with Crippen molar-refractivity contribution in [3.8, 4) is 0 Å². The van der Waals surface area contributed by atoms with Crippen molar-refractivity contribution in [1.82, 2.24) is 9.88 Å². The highest BCUT2D eigenvalue weighted by atomic mass is 19.1. The van der Waals surface area contributed by atoms with E-state index in [-0.39, 0.29) is 22.7 Å². The minimum Gasteiger partial charge on any atom is -0.381 e. The van der Waals surface area contributed by atoms with Gasteiger partial charge in [-0.15, -0.1) is 0 Å². The molecule has 1 aromatic carbocycles. The smallest absolute Gasteiger partial charge is 0.255 e. The number of carbonyl (C=O) groups excluding carboxylic acids is 1. The van der Waals surface area contributed by atoms with E-state index in [4.69, 9.17) is 4.74 Å². The van der Waals surface area contributed by atoms with Gasteiger partial charge >= 0.3 is 0 Å². The van der Waals surface area contributed by atoms with Crippen molar-refractivity contribution in [3.05, 3.63) is 59.0 Å². The van der Waals surface area contributed by atoms with Crippen molar-refractivity contribution in [1.29, 1.82) is 0 Å². The Kier molecular flexibility index (Phi) is 3.95. The van der Waals surface area contributed by atoms with Crippen LogP contribution in [-0.2, 0) is 16.7 Å². The van der Waals surface area contributed by atoms with Crippen LogP contribution in [-0.4, -0.2) is 42.1 Å². The molecule has 1 aromatic heterocycles. The molecule has 2 saturated heterocycles. The number of benzene rings is 1. The summed E-state index contributed by atoms with van der Waals surface area (Å²) in [4.78, 5) is 19.4. The topological polar surface area (TPSA) is 54.5 Å². The van der Waals surface area contributed by atoms with Gasteiger partial charge in [0.05, 0.1) is 11.1 Å². The van der Waals surface area contributed by atoms with Crippen LogP contribution >= 0.6 is 0 Å². The lowest BCUT2D eigenvalue weighted by Gasteiger charge is -2.52. The normalized spacial score (nSPS) is 25.1. The Labute approximate surface area is 163 Å². The second-order valence-corrected chi connectivity index (χ2v) is 8.65. The molecule has 0 saturated carbocycles. The van der Waals surface area contributed by atoms with E-state index in [1.54, 1.807) is 18.3 Å². The van der Waals surface area contributed by atoms with Crippen LogP contribution in [0.1, 0.15) is 41.3 Å². The predicted octanol–water partition coefficient (Wildman–Crippen LogP) is 3.36. The fraction of sp³-hybridized carbons (Fsp3) is 0.455. The molecule has 1 spiro atoms. The summed E-state index contributed by atoms with van der Waals surface area (Å²) in [5.41, 5.74) is 2.59. The molecular formula is C22H24FN3O2. The van der Waals surface area contributed by atoms with Crippen molar-refractivity contribution in [2.24, 2.45) is 5.41 Å². The lowest BCUT2D eigenvalue weighted by molar-refractivity contribution is -0.0666. The molecule has 4 heterocycles. The maximum absolute atomic E-state index is 13.3. The van der Waals surface area contributed by atoms with Crippen molar-refractivity contribution in [3.63, 3.8) is 0 Å². The molecule has 3 aliphatic heterocycles. The van der Waals surface area contributed by atoms with Gasteiger partial charge in [-0.2, -0.15) is 0 Å². The van der Waals surface area contributed by atoms with E-state index in [9.17, 15) is 9.18 Å². The highest BCUT2D eigenvalue weighted by Gasteiger charge is 2.46. The third kappa shape index (κ3) is 2.87. The zero-order valence-electron chi connectivity index (χ0n) is 16.0. The summed E-state index contributed by atoms with van der Waals surface area (Å²) in [5, 5.41) is 3.44. The summed E-state index contributed by atoms with van der Waals surface area (Å²) in [6.07, 6.45) is 4.46. The van der Waals surface area contributed by atoms with Crippen LogP contribution in [0.25, 0.3) is 0 Å². The number of fused-ring (bicyclic) bond motifs is 1. The van der Waals surface area contributed by atoms with Crippen LogP contribution < -0.4 is 5.32 Å². The van der Waals surface area contributed by atoms with E-state index in [0.29, 0.717) is 12.0 Å². The number of hydrogen-bond donors (Lipinski definition) is 1. The number of anilines is 1. The van der Waals surface area contributed by atoms with Gasteiger partial charge in [-0.3, -0.25) is 4.79 Å². The van der Waals surface area contributed by atoms with Crippen LogP contribution in [0.3, 0.4) is 0 Å². The molecule has 2 fully saturated rings. The minimum absolute atomic E-state index is 0.0582. The van der Waals surface area contributed by atoms with Crippen molar-refractivity contribution >= 4 is 11.7 Å². The SMILES string of the molecule is CC1(c2ccc(F)cc2)Cc2cc(C(=O)N3CC4(CCOCC4)C3)cnc2N1. The molecule has 6 heteroatoms. The molecule has 5 nitrogen and oxygen atoms in total. The molecule has 1 N–H and O–H groups in total. The predicted molar refractivity (Wildman–Crippen MR) is 104 cm³/mol. The first-order valence-corrected chi connectivity index (χ1v) is 9.87. The van der Waals surface area contributed by atoms with E-state index in [1.807, 2.05) is 11.0 Å². The maximum atomic E-state index is 13.3. The van der Waals surface area contributed by atoms with Crippen LogP contribution in [0.4, 0.5) is 10.2 Å². The van der Waals surface area contributed by atoms with Gasteiger partial charge in [0.15, 0.2) is 0 Å². The third-order valence-corrected chi connectivity index (χ3v) is 6.53. The number of likely N-dealkylation sites (tertiary alicyclic amines) is 1. The van der Waals surface area contributed by atoms with Gasteiger partial charge in [0, 0.05) is 44.3 Å². The Bertz CT molecular complexity index is 916. The van der Waals surface area contributed by atoms with Crippen LogP contribution in [0.5, 0.6) is 0 Å². The van der Waals surface area contributed by atoms with E-state index in [2.05, 4.69) is 17.2 Å². The average Bonchev–Trinajstić information content (AvgIpc) is 3.03. The minimum atomic E-state index is -0.354. The highest BCUT2D eigenvalue weighted by molar-refractivity contribution is 5.95. The molecule has 0 aliphatic carbocycles. The number of halogens is 1. The van der Waals surface area contributed by atoms with Gasteiger partial charge in [-0.05, 0) is 49.1 Å². The fourth-order valence-corrected chi connectivity index (χ4v) is 4.76. The Balaban J connectivity index is 1.31. The van der Waals surface area contributed by atoms with Gasteiger partial charge in [0.2, 0.25) is 0 Å². The van der Waals surface area contributed by atoms with E-state index in [1.165, 1.54) is 12.1 Å². The standard InChI is InChI=1S/C22H24FN3O2/c1-21(17-2-4-18(23)5-3-17)11-15-10-16(12-24-19(15)25-21)20(27)26-13-22(14-26)6-8-28-9-7-22/h2-5,10,12H,6-9,11,13-14H2,1H3,(H,24,25). The number of aromatic nitrogens is 1. The van der Waals surface area contributed by atoms with Crippen molar-refractivity contribution < 1.29 is 13.9 Å². The van der Waals surface area contributed by atoms with Gasteiger partial charge in [-0.1, -0.05) is 12.1 Å². The number of pyridine rings is 1. The zero-order chi connectivity index (χ0) is 19.4. The van der Waals surface area contributed by atoms with Gasteiger partial charge in [0.25, 0.3) is 5.91 Å². The van der Waals surface area contributed by atoms with E-state index >= 15 is 0 Å². The van der Waals surface area contributed by atoms with Gasteiger partial charge in [-0.25, -0.2) is 9.37 Å². The lowest BCUT2D eigenvalue weighted by Crippen LogP contribution is -2.60. The number of amides is 1. The average molecular weight is 381 g/mol. The molecule has 1 atom stereocenters. The molecule has 146 valence electrons. The molecule has 2 aromatic rings. The Hall–Kier alpha value is -2.47. The van der Waals surface area contributed by atoms with Crippen LogP contribution in [0.2, 0.25) is 0 Å². The monoisotopic (exact) mass is 381 g/mol. The molecule has 1 unspecified atom stereocenters. The van der Waals surface area contributed by atoms with Crippen LogP contribution in [0.15, 0.2) is 36.5 Å². The van der Waals surface area contributed by atoms with Crippen molar-refractivity contribution in [2.45, 2.75) is 31.7 Å². The number of ether oxygens (including phenoxy) is 1. The number of nitrogens with zero attached hydrogens (tertiary/aromatic N) is 2. The summed E-state index contributed by atoms with van der Waals surface area (Å²) in [6, 6.07) is 8.51. The summed E-state index contributed by atoms with van der Waals surface area (Å²) in [6.45, 7) is 5.32. The third-order valence-electron chi connectivity index (χ3n) is 6.53. The number of nitrogens with one attached hydrogen (secondary N) is 1. The molecule has 28 heavy (non-hydrogen) atoms. The summed E-state index contributed by atoms with van der Waals surface area (Å²) in [7, 11) is 0. The Morgan fingerprint density at radius 1 is 1.21 bits per heavy atom. The van der Waals surface area contributed by atoms with E-state index in [0.717, 1.165) is 56.1 Å².